The third kappa shape index (κ3) is 2.26. The number of rotatable bonds is 2. The first-order valence-corrected chi connectivity index (χ1v) is 3.50. The summed E-state index contributed by atoms with van der Waals surface area (Å²) in [5.74, 6) is 0. The van der Waals surface area contributed by atoms with Crippen LogP contribution in [0.4, 0.5) is 4.79 Å². The van der Waals surface area contributed by atoms with Crippen LogP contribution in [0.5, 0.6) is 0 Å². The summed E-state index contributed by atoms with van der Waals surface area (Å²) < 4.78 is 4.45. The zero-order valence-corrected chi connectivity index (χ0v) is 7.24. The molecule has 1 aromatic rings. The van der Waals surface area contributed by atoms with E-state index in [9.17, 15) is 4.79 Å². The van der Waals surface area contributed by atoms with Gasteiger partial charge in [-0.3, -0.25) is 0 Å². The minimum absolute atomic E-state index is 0.484. The third-order valence-electron chi connectivity index (χ3n) is 1.33. The molecule has 0 aromatic carbocycles. The minimum atomic E-state index is -0.728. The lowest BCUT2D eigenvalue weighted by atomic mass is 10.2. The summed E-state index contributed by atoms with van der Waals surface area (Å²) in [6.07, 6.45) is 0. The zero-order valence-electron chi connectivity index (χ0n) is 7.24. The molecule has 0 radical (unpaired) electrons. The second kappa shape index (κ2) is 3.65. The molecule has 3 N–H and O–H groups in total. The summed E-state index contributed by atoms with van der Waals surface area (Å²) in [5.41, 5.74) is 8.48. The molecule has 0 atom stereocenters. The van der Waals surface area contributed by atoms with Crippen LogP contribution in [0.3, 0.4) is 0 Å². The largest absolute Gasteiger partial charge is 0.350 e. The van der Waals surface area contributed by atoms with Crippen molar-refractivity contribution in [2.75, 3.05) is 0 Å². The highest BCUT2D eigenvalue weighted by Gasteiger charge is 2.08. The van der Waals surface area contributed by atoms with E-state index in [1.54, 1.807) is 13.8 Å². The Hall–Kier alpha value is -1.92. The molecule has 7 heteroatoms. The molecule has 0 fully saturated rings. The topological polar surface area (TPSA) is 106 Å². The van der Waals surface area contributed by atoms with E-state index in [2.05, 4.69) is 25.5 Å². The number of carbonyl (C=O) groups excluding carboxylic acids is 1. The highest BCUT2D eigenvalue weighted by molar-refractivity contribution is 5.98. The van der Waals surface area contributed by atoms with Crippen LogP contribution >= 0.6 is 0 Å². The van der Waals surface area contributed by atoms with Gasteiger partial charge >= 0.3 is 6.03 Å². The van der Waals surface area contributed by atoms with Crippen LogP contribution < -0.4 is 11.2 Å². The van der Waals surface area contributed by atoms with E-state index < -0.39 is 6.03 Å². The molecule has 2 amide bonds. The summed E-state index contributed by atoms with van der Waals surface area (Å²) in [6.45, 7) is 3.37. The molecule has 0 unspecified atom stereocenters. The van der Waals surface area contributed by atoms with Crippen molar-refractivity contribution in [1.29, 1.82) is 0 Å². The Balaban J connectivity index is 2.78. The van der Waals surface area contributed by atoms with Gasteiger partial charge in [-0.15, -0.1) is 0 Å². The first-order valence-electron chi connectivity index (χ1n) is 3.50. The summed E-state index contributed by atoms with van der Waals surface area (Å²) in [6, 6.07) is -0.728. The van der Waals surface area contributed by atoms with E-state index in [0.29, 0.717) is 17.1 Å². The van der Waals surface area contributed by atoms with Gasteiger partial charge in [0, 0.05) is 0 Å². The predicted octanol–water partition coefficient (Wildman–Crippen LogP) is -0.230. The standard InChI is InChI=1S/C6H9N5O2/c1-3(8-9-6(7)12)5-4(2)10-13-11-5/h1-2H3,(H3,7,9,12). The second-order valence-corrected chi connectivity index (χ2v) is 2.37. The van der Waals surface area contributed by atoms with Crippen LogP contribution in [-0.2, 0) is 0 Å². The molecule has 0 aliphatic carbocycles. The van der Waals surface area contributed by atoms with E-state index in [1.165, 1.54) is 0 Å². The lowest BCUT2D eigenvalue weighted by Crippen LogP contribution is -2.25. The number of hydrogen-bond donors (Lipinski definition) is 2. The Bertz CT molecular complexity index is 343. The van der Waals surface area contributed by atoms with E-state index in [-0.39, 0.29) is 0 Å². The second-order valence-electron chi connectivity index (χ2n) is 2.37. The molecule has 1 rings (SSSR count). The molecule has 7 nitrogen and oxygen atoms in total. The first-order chi connectivity index (χ1) is 6.11. The number of carbonyl (C=O) groups is 1. The SMILES string of the molecule is CC(=NNC(N)=O)c1nonc1C. The molecular formula is C6H9N5O2. The van der Waals surface area contributed by atoms with Crippen LogP contribution in [0, 0.1) is 6.92 Å². The molecule has 0 spiro atoms. The maximum Gasteiger partial charge on any atom is 0.332 e. The van der Waals surface area contributed by atoms with E-state index in [4.69, 9.17) is 5.73 Å². The van der Waals surface area contributed by atoms with Crippen molar-refractivity contribution < 1.29 is 9.42 Å². The van der Waals surface area contributed by atoms with Gasteiger partial charge in [0.05, 0.1) is 5.71 Å². The summed E-state index contributed by atoms with van der Waals surface area (Å²) in [4.78, 5) is 10.3. The zero-order chi connectivity index (χ0) is 9.84. The minimum Gasteiger partial charge on any atom is -0.350 e. The Kier molecular flexibility index (Phi) is 2.58. The number of nitrogens with one attached hydrogen (secondary N) is 1. The average molecular weight is 183 g/mol. The molecule has 70 valence electrons. The maximum atomic E-state index is 10.3. The van der Waals surface area contributed by atoms with Crippen molar-refractivity contribution in [3.05, 3.63) is 11.4 Å². The Morgan fingerprint density at radius 1 is 1.62 bits per heavy atom. The first kappa shape index (κ1) is 9.17. The molecule has 13 heavy (non-hydrogen) atoms. The lowest BCUT2D eigenvalue weighted by Gasteiger charge is -1.95. The number of aromatic nitrogens is 2. The van der Waals surface area contributed by atoms with Gasteiger partial charge in [0.2, 0.25) is 0 Å². The molecule has 0 aliphatic heterocycles. The molecule has 1 heterocycles. The van der Waals surface area contributed by atoms with E-state index in [1.807, 2.05) is 0 Å². The van der Waals surface area contributed by atoms with Crippen molar-refractivity contribution in [2.45, 2.75) is 13.8 Å². The van der Waals surface area contributed by atoms with Gasteiger partial charge in [-0.25, -0.2) is 14.8 Å². The van der Waals surface area contributed by atoms with Crippen LogP contribution in [-0.4, -0.2) is 22.1 Å². The lowest BCUT2D eigenvalue weighted by molar-refractivity contribution is 0.249. The van der Waals surface area contributed by atoms with Crippen molar-refractivity contribution in [1.82, 2.24) is 15.7 Å². The predicted molar refractivity (Wildman–Crippen MR) is 44.0 cm³/mol. The van der Waals surface area contributed by atoms with E-state index >= 15 is 0 Å². The summed E-state index contributed by atoms with van der Waals surface area (Å²) in [5, 5.41) is 10.8. The fourth-order valence-electron chi connectivity index (χ4n) is 0.752. The number of aryl methyl sites for hydroxylation is 1. The normalized spacial score (nSPS) is 11.4. The molecule has 0 bridgehead atoms. The van der Waals surface area contributed by atoms with Gasteiger partial charge in [-0.1, -0.05) is 5.16 Å². The average Bonchev–Trinajstić information content (AvgIpc) is 2.47. The van der Waals surface area contributed by atoms with Gasteiger partial charge in [0.25, 0.3) is 0 Å². The van der Waals surface area contributed by atoms with Crippen molar-refractivity contribution in [2.24, 2.45) is 10.8 Å². The number of amides is 2. The van der Waals surface area contributed by atoms with Crippen molar-refractivity contribution >= 4 is 11.7 Å². The Labute approximate surface area is 73.9 Å². The van der Waals surface area contributed by atoms with Gasteiger partial charge < -0.3 is 5.73 Å². The molecule has 0 saturated carbocycles. The monoisotopic (exact) mass is 183 g/mol. The number of urea groups is 1. The van der Waals surface area contributed by atoms with Crippen LogP contribution in [0.25, 0.3) is 0 Å². The highest BCUT2D eigenvalue weighted by Crippen LogP contribution is 2.01. The summed E-state index contributed by atoms with van der Waals surface area (Å²) >= 11 is 0. The molecule has 0 saturated heterocycles. The Morgan fingerprint density at radius 2 is 2.31 bits per heavy atom. The quantitative estimate of drug-likeness (QED) is 0.487. The maximum absolute atomic E-state index is 10.3. The van der Waals surface area contributed by atoms with Gasteiger partial charge in [0.1, 0.15) is 5.69 Å². The third-order valence-corrected chi connectivity index (χ3v) is 1.33. The van der Waals surface area contributed by atoms with Gasteiger partial charge in [0.15, 0.2) is 5.69 Å². The number of nitrogens with zero attached hydrogens (tertiary/aromatic N) is 3. The number of hydrazone groups is 1. The molecular weight excluding hydrogens is 174 g/mol. The van der Waals surface area contributed by atoms with Crippen LogP contribution in [0.2, 0.25) is 0 Å². The molecule has 0 aliphatic rings. The van der Waals surface area contributed by atoms with Crippen molar-refractivity contribution in [3.8, 4) is 0 Å². The number of nitrogens with two attached hydrogens (primary N) is 1. The van der Waals surface area contributed by atoms with E-state index in [0.717, 1.165) is 0 Å². The van der Waals surface area contributed by atoms with Gasteiger partial charge in [-0.2, -0.15) is 5.10 Å². The Morgan fingerprint density at radius 3 is 2.77 bits per heavy atom. The van der Waals surface area contributed by atoms with Gasteiger partial charge in [-0.05, 0) is 19.0 Å². The smallest absolute Gasteiger partial charge is 0.332 e. The van der Waals surface area contributed by atoms with Crippen molar-refractivity contribution in [3.63, 3.8) is 0 Å². The fraction of sp³-hybridized carbons (Fsp3) is 0.333. The van der Waals surface area contributed by atoms with Crippen LogP contribution in [0.15, 0.2) is 9.73 Å². The summed E-state index contributed by atoms with van der Waals surface area (Å²) in [7, 11) is 0. The fourth-order valence-corrected chi connectivity index (χ4v) is 0.752. The number of primary amides is 1. The van der Waals surface area contributed by atoms with Crippen LogP contribution in [0.1, 0.15) is 18.3 Å². The molecule has 1 aromatic heterocycles. The number of hydrogen-bond acceptors (Lipinski definition) is 5. The highest BCUT2D eigenvalue weighted by atomic mass is 16.6.